The highest BCUT2D eigenvalue weighted by atomic mass is 32.2. The second-order valence-electron chi connectivity index (χ2n) is 5.97. The average Bonchev–Trinajstić information content (AvgIpc) is 2.60. The standard InChI is InChI=1S/C18H28N2O5S/c1-2-6-17(19)15-8-10-16(11-9-15)25-18(22)7-5-12-20-26(23,24)14-4-3-13-21/h8-11,19-21H,2-7,12-14H2,1H3. The van der Waals surface area contributed by atoms with Crippen molar-refractivity contribution in [3.05, 3.63) is 29.8 Å². The lowest BCUT2D eigenvalue weighted by atomic mass is 10.1. The molecule has 0 amide bonds. The van der Waals surface area contributed by atoms with Crippen LogP contribution in [0.25, 0.3) is 0 Å². The first-order chi connectivity index (χ1) is 12.4. The van der Waals surface area contributed by atoms with E-state index in [1.807, 2.05) is 6.92 Å². The fraction of sp³-hybridized carbons (Fsp3) is 0.556. The first-order valence-electron chi connectivity index (χ1n) is 8.84. The molecule has 0 unspecified atom stereocenters. The minimum atomic E-state index is -3.36. The SMILES string of the molecule is CCCC(=N)c1ccc(OC(=O)CCCNS(=O)(=O)CCCCO)cc1. The van der Waals surface area contributed by atoms with Gasteiger partial charge in [-0.05, 0) is 55.5 Å². The van der Waals surface area contributed by atoms with Gasteiger partial charge in [0.15, 0.2) is 0 Å². The van der Waals surface area contributed by atoms with Crippen LogP contribution in [0.1, 0.15) is 51.0 Å². The minimum Gasteiger partial charge on any atom is -0.427 e. The summed E-state index contributed by atoms with van der Waals surface area (Å²) < 4.78 is 30.9. The third-order valence-electron chi connectivity index (χ3n) is 3.64. The van der Waals surface area contributed by atoms with Gasteiger partial charge in [-0.1, -0.05) is 13.3 Å². The Bertz CT molecular complexity index is 671. The fourth-order valence-corrected chi connectivity index (χ4v) is 3.42. The van der Waals surface area contributed by atoms with Gasteiger partial charge in [-0.2, -0.15) is 0 Å². The number of aliphatic hydroxyl groups excluding tert-OH is 1. The normalized spacial score (nSPS) is 11.3. The molecule has 0 fully saturated rings. The van der Waals surface area contributed by atoms with Crippen molar-refractivity contribution in [2.75, 3.05) is 18.9 Å². The maximum Gasteiger partial charge on any atom is 0.311 e. The van der Waals surface area contributed by atoms with Crippen LogP contribution in [-0.2, 0) is 14.8 Å². The molecule has 0 saturated carbocycles. The zero-order valence-corrected chi connectivity index (χ0v) is 16.0. The van der Waals surface area contributed by atoms with E-state index < -0.39 is 16.0 Å². The topological polar surface area (TPSA) is 117 Å². The summed E-state index contributed by atoms with van der Waals surface area (Å²) in [6.07, 6.45) is 2.91. The van der Waals surface area contributed by atoms with Gasteiger partial charge in [0.25, 0.3) is 0 Å². The number of benzene rings is 1. The van der Waals surface area contributed by atoms with E-state index in [4.69, 9.17) is 15.3 Å². The Morgan fingerprint density at radius 3 is 2.46 bits per heavy atom. The van der Waals surface area contributed by atoms with Crippen LogP contribution in [0.5, 0.6) is 5.75 Å². The van der Waals surface area contributed by atoms with Crippen LogP contribution in [0.3, 0.4) is 0 Å². The largest absolute Gasteiger partial charge is 0.427 e. The van der Waals surface area contributed by atoms with E-state index in [0.717, 1.165) is 12.0 Å². The van der Waals surface area contributed by atoms with Crippen molar-refractivity contribution >= 4 is 21.7 Å². The van der Waals surface area contributed by atoms with E-state index in [0.29, 0.717) is 37.1 Å². The van der Waals surface area contributed by atoms with Gasteiger partial charge in [-0.15, -0.1) is 0 Å². The molecule has 0 heterocycles. The van der Waals surface area contributed by atoms with Gasteiger partial charge in [0.1, 0.15) is 5.75 Å². The van der Waals surface area contributed by atoms with Crippen molar-refractivity contribution in [2.24, 2.45) is 0 Å². The molecule has 0 atom stereocenters. The molecule has 1 aromatic rings. The van der Waals surface area contributed by atoms with Gasteiger partial charge < -0.3 is 15.3 Å². The third-order valence-corrected chi connectivity index (χ3v) is 5.11. The number of hydrogen-bond acceptors (Lipinski definition) is 6. The summed E-state index contributed by atoms with van der Waals surface area (Å²) >= 11 is 0. The molecule has 0 aliphatic carbocycles. The summed E-state index contributed by atoms with van der Waals surface area (Å²) in [6.45, 7) is 2.16. The first kappa shape index (κ1) is 22.3. The lowest BCUT2D eigenvalue weighted by molar-refractivity contribution is -0.134. The van der Waals surface area contributed by atoms with E-state index >= 15 is 0 Å². The van der Waals surface area contributed by atoms with Gasteiger partial charge in [-0.25, -0.2) is 13.1 Å². The maximum absolute atomic E-state index is 11.8. The number of ether oxygens (including phenoxy) is 1. The lowest BCUT2D eigenvalue weighted by Crippen LogP contribution is -2.28. The molecule has 7 nitrogen and oxygen atoms in total. The van der Waals surface area contributed by atoms with Gasteiger partial charge in [0, 0.05) is 25.3 Å². The number of sulfonamides is 1. The van der Waals surface area contributed by atoms with Gasteiger partial charge in [0.05, 0.1) is 5.75 Å². The predicted molar refractivity (Wildman–Crippen MR) is 101 cm³/mol. The molecular weight excluding hydrogens is 356 g/mol. The van der Waals surface area contributed by atoms with Crippen molar-refractivity contribution in [3.63, 3.8) is 0 Å². The Labute approximate surface area is 155 Å². The lowest BCUT2D eigenvalue weighted by Gasteiger charge is -2.08. The number of unbranched alkanes of at least 4 members (excludes halogenated alkanes) is 1. The zero-order chi connectivity index (χ0) is 19.4. The van der Waals surface area contributed by atoms with E-state index in [2.05, 4.69) is 4.72 Å². The van der Waals surface area contributed by atoms with Crippen LogP contribution >= 0.6 is 0 Å². The molecular formula is C18H28N2O5S. The minimum absolute atomic E-state index is 0.0257. The molecule has 26 heavy (non-hydrogen) atoms. The molecule has 0 aliphatic rings. The Balaban J connectivity index is 2.31. The second kappa shape index (κ2) is 11.8. The smallest absolute Gasteiger partial charge is 0.311 e. The summed E-state index contributed by atoms with van der Waals surface area (Å²) in [5.74, 6) is -0.0503. The summed E-state index contributed by atoms with van der Waals surface area (Å²) in [7, 11) is -3.36. The number of carbonyl (C=O) groups excluding carboxylic acids is 1. The molecule has 1 rings (SSSR count). The van der Waals surface area contributed by atoms with Crippen molar-refractivity contribution < 1.29 is 23.1 Å². The Hall–Kier alpha value is -1.77. The molecule has 0 radical (unpaired) electrons. The molecule has 3 N–H and O–H groups in total. The number of rotatable bonds is 13. The molecule has 1 aromatic carbocycles. The Morgan fingerprint density at radius 1 is 1.15 bits per heavy atom. The van der Waals surface area contributed by atoms with E-state index in [9.17, 15) is 13.2 Å². The van der Waals surface area contributed by atoms with E-state index in [1.165, 1.54) is 0 Å². The van der Waals surface area contributed by atoms with Crippen molar-refractivity contribution in [1.82, 2.24) is 4.72 Å². The highest BCUT2D eigenvalue weighted by molar-refractivity contribution is 7.89. The van der Waals surface area contributed by atoms with E-state index in [1.54, 1.807) is 24.3 Å². The quantitative estimate of drug-likeness (QED) is 0.209. The Morgan fingerprint density at radius 2 is 1.85 bits per heavy atom. The van der Waals surface area contributed by atoms with Crippen LogP contribution in [0.2, 0.25) is 0 Å². The number of nitrogens with one attached hydrogen (secondary N) is 2. The van der Waals surface area contributed by atoms with Crippen molar-refractivity contribution in [1.29, 1.82) is 5.41 Å². The average molecular weight is 384 g/mol. The van der Waals surface area contributed by atoms with Crippen LogP contribution in [0.4, 0.5) is 0 Å². The highest BCUT2D eigenvalue weighted by Gasteiger charge is 2.10. The molecule has 0 aliphatic heterocycles. The van der Waals surface area contributed by atoms with E-state index in [-0.39, 0.29) is 25.3 Å². The maximum atomic E-state index is 11.8. The van der Waals surface area contributed by atoms with Crippen LogP contribution in [-0.4, -0.2) is 44.1 Å². The summed E-state index contributed by atoms with van der Waals surface area (Å²) in [6, 6.07) is 6.81. The van der Waals surface area contributed by atoms with Crippen LogP contribution < -0.4 is 9.46 Å². The predicted octanol–water partition coefficient (Wildman–Crippen LogP) is 2.23. The molecule has 8 heteroatoms. The molecule has 0 saturated heterocycles. The highest BCUT2D eigenvalue weighted by Crippen LogP contribution is 2.15. The molecule has 146 valence electrons. The molecule has 0 bridgehead atoms. The molecule has 0 spiro atoms. The number of aliphatic hydroxyl groups is 1. The fourth-order valence-electron chi connectivity index (χ4n) is 2.24. The zero-order valence-electron chi connectivity index (χ0n) is 15.2. The number of esters is 1. The first-order valence-corrected chi connectivity index (χ1v) is 10.5. The monoisotopic (exact) mass is 384 g/mol. The summed E-state index contributed by atoms with van der Waals surface area (Å²) in [5.41, 5.74) is 1.36. The number of hydrogen-bond donors (Lipinski definition) is 3. The van der Waals surface area contributed by atoms with Gasteiger partial charge >= 0.3 is 5.97 Å². The Kier molecular flexibility index (Phi) is 10.1. The van der Waals surface area contributed by atoms with Crippen molar-refractivity contribution in [2.45, 2.75) is 45.4 Å². The second-order valence-corrected chi connectivity index (χ2v) is 7.90. The third kappa shape index (κ3) is 9.07. The summed E-state index contributed by atoms with van der Waals surface area (Å²) in [4.78, 5) is 11.8. The number of carbonyl (C=O) groups is 1. The summed E-state index contributed by atoms with van der Waals surface area (Å²) in [5, 5.41) is 16.5. The van der Waals surface area contributed by atoms with Crippen molar-refractivity contribution in [3.8, 4) is 5.75 Å². The van der Waals surface area contributed by atoms with Crippen LogP contribution in [0.15, 0.2) is 24.3 Å². The van der Waals surface area contributed by atoms with Crippen LogP contribution in [0, 0.1) is 5.41 Å². The van der Waals surface area contributed by atoms with Gasteiger partial charge in [-0.3, -0.25) is 4.79 Å². The molecule has 0 aromatic heterocycles. The van der Waals surface area contributed by atoms with Gasteiger partial charge in [0.2, 0.25) is 10.0 Å².